The van der Waals surface area contributed by atoms with Crippen LogP contribution in [-0.4, -0.2) is 20.8 Å². The molecule has 0 unspecified atom stereocenters. The predicted molar refractivity (Wildman–Crippen MR) is 127 cm³/mol. The molecule has 0 radical (unpaired) electrons. The number of hydrogen-bond donors (Lipinski definition) is 1. The van der Waals surface area contributed by atoms with Crippen molar-refractivity contribution in [1.29, 1.82) is 0 Å². The Hall–Kier alpha value is -3.37. The van der Waals surface area contributed by atoms with E-state index in [0.29, 0.717) is 0 Å². The third kappa shape index (κ3) is 4.86. The Kier molecular flexibility index (Phi) is 5.66. The average Bonchev–Trinajstić information content (AvgIpc) is 3.15. The zero-order chi connectivity index (χ0) is 22.0. The first-order valence-electron chi connectivity index (χ1n) is 10.5. The van der Waals surface area contributed by atoms with E-state index in [1.54, 1.807) is 13.8 Å². The van der Waals surface area contributed by atoms with E-state index in [4.69, 9.17) is 4.74 Å². The lowest BCUT2D eigenvalue weighted by atomic mass is 9.97. The molecule has 0 fully saturated rings. The van der Waals surface area contributed by atoms with E-state index in [9.17, 15) is 5.11 Å². The van der Waals surface area contributed by atoms with Crippen molar-refractivity contribution in [3.63, 3.8) is 0 Å². The summed E-state index contributed by atoms with van der Waals surface area (Å²) in [4.78, 5) is 4.59. The molecule has 0 bridgehead atoms. The fourth-order valence-electron chi connectivity index (χ4n) is 3.49. The van der Waals surface area contributed by atoms with Gasteiger partial charge < -0.3 is 9.84 Å². The van der Waals surface area contributed by atoms with Gasteiger partial charge in [-0.15, -0.1) is 0 Å². The molecular formula is C27H28N2O2. The molecule has 4 rings (SSSR count). The Morgan fingerprint density at radius 1 is 0.903 bits per heavy atom. The first-order valence-corrected chi connectivity index (χ1v) is 10.5. The minimum Gasteiger partial charge on any atom is -0.491 e. The maximum Gasteiger partial charge on any atom is 0.119 e. The van der Waals surface area contributed by atoms with Crippen LogP contribution in [0.25, 0.3) is 28.9 Å². The molecule has 0 aliphatic heterocycles. The monoisotopic (exact) mass is 412 g/mol. The van der Waals surface area contributed by atoms with Crippen molar-refractivity contribution in [3.8, 4) is 11.4 Å². The Bertz CT molecular complexity index is 1190. The summed E-state index contributed by atoms with van der Waals surface area (Å²) in [5.41, 5.74) is 5.31. The normalized spacial score (nSPS) is 12.2. The van der Waals surface area contributed by atoms with Crippen LogP contribution in [0.2, 0.25) is 0 Å². The Balaban J connectivity index is 1.54. The summed E-state index contributed by atoms with van der Waals surface area (Å²) in [6, 6.07) is 22.3. The van der Waals surface area contributed by atoms with Gasteiger partial charge in [0.2, 0.25) is 0 Å². The van der Waals surface area contributed by atoms with Gasteiger partial charge in [0.1, 0.15) is 12.1 Å². The molecule has 0 atom stereocenters. The molecule has 158 valence electrons. The maximum atomic E-state index is 10.1. The first kappa shape index (κ1) is 20.9. The highest BCUT2D eigenvalue weighted by molar-refractivity contribution is 5.82. The van der Waals surface area contributed by atoms with Crippen LogP contribution in [-0.2, 0) is 5.60 Å². The molecule has 0 amide bonds. The van der Waals surface area contributed by atoms with Gasteiger partial charge in [0, 0.05) is 5.69 Å². The zero-order valence-electron chi connectivity index (χ0n) is 18.4. The molecule has 4 nitrogen and oxygen atoms in total. The Morgan fingerprint density at radius 3 is 2.19 bits per heavy atom. The molecule has 31 heavy (non-hydrogen) atoms. The fourth-order valence-corrected chi connectivity index (χ4v) is 3.49. The maximum absolute atomic E-state index is 10.1. The molecule has 0 saturated heterocycles. The smallest absolute Gasteiger partial charge is 0.119 e. The number of aliphatic hydroxyl groups is 1. The van der Waals surface area contributed by atoms with Gasteiger partial charge in [-0.2, -0.15) is 0 Å². The van der Waals surface area contributed by atoms with Crippen molar-refractivity contribution in [2.75, 3.05) is 0 Å². The van der Waals surface area contributed by atoms with E-state index in [1.807, 2.05) is 68.7 Å². The first-order chi connectivity index (χ1) is 14.8. The van der Waals surface area contributed by atoms with Gasteiger partial charge in [-0.1, -0.05) is 42.5 Å². The summed E-state index contributed by atoms with van der Waals surface area (Å²) in [6.45, 7) is 7.63. The van der Waals surface area contributed by atoms with Crippen LogP contribution in [0, 0.1) is 0 Å². The highest BCUT2D eigenvalue weighted by atomic mass is 16.5. The highest BCUT2D eigenvalue weighted by Gasteiger charge is 2.14. The van der Waals surface area contributed by atoms with Gasteiger partial charge in [0.05, 0.1) is 22.7 Å². The molecule has 0 saturated carbocycles. The number of aromatic nitrogens is 2. The van der Waals surface area contributed by atoms with E-state index >= 15 is 0 Å². The second-order valence-electron chi connectivity index (χ2n) is 8.54. The number of ether oxygens (including phenoxy) is 1. The zero-order valence-corrected chi connectivity index (χ0v) is 18.4. The Morgan fingerprint density at radius 2 is 1.55 bits per heavy atom. The van der Waals surface area contributed by atoms with E-state index in [0.717, 1.165) is 39.2 Å². The van der Waals surface area contributed by atoms with E-state index in [2.05, 4.69) is 39.9 Å². The minimum atomic E-state index is -0.826. The molecule has 4 aromatic rings. The summed E-state index contributed by atoms with van der Waals surface area (Å²) < 4.78 is 7.81. The largest absolute Gasteiger partial charge is 0.491 e. The van der Waals surface area contributed by atoms with Crippen molar-refractivity contribution in [3.05, 3.63) is 89.7 Å². The molecule has 4 heteroatoms. The van der Waals surface area contributed by atoms with Crippen LogP contribution >= 0.6 is 0 Å². The lowest BCUT2D eigenvalue weighted by Crippen LogP contribution is -2.14. The lowest BCUT2D eigenvalue weighted by molar-refractivity contribution is 0.0786. The van der Waals surface area contributed by atoms with Crippen LogP contribution in [0.5, 0.6) is 5.75 Å². The fraction of sp³-hybridized carbons (Fsp3) is 0.222. The van der Waals surface area contributed by atoms with Gasteiger partial charge in [-0.25, -0.2) is 4.98 Å². The summed E-state index contributed by atoms with van der Waals surface area (Å²) in [7, 11) is 0. The van der Waals surface area contributed by atoms with Crippen LogP contribution in [0.15, 0.2) is 73.1 Å². The average molecular weight is 413 g/mol. The predicted octanol–water partition coefficient (Wildman–Crippen LogP) is 6.21. The molecule has 1 heterocycles. The van der Waals surface area contributed by atoms with Crippen LogP contribution in [0.1, 0.15) is 44.4 Å². The van der Waals surface area contributed by atoms with Crippen molar-refractivity contribution in [1.82, 2.24) is 9.55 Å². The van der Waals surface area contributed by atoms with E-state index < -0.39 is 5.60 Å². The molecule has 1 N–H and O–H groups in total. The number of benzene rings is 3. The SMILES string of the molecule is CC(C)Oc1ccc(-n2cnc3cc(C=Cc4ccc(C(C)(C)O)cc4)ccc32)cc1. The number of fused-ring (bicyclic) bond motifs is 1. The van der Waals surface area contributed by atoms with Crippen LogP contribution in [0.3, 0.4) is 0 Å². The van der Waals surface area contributed by atoms with Crippen molar-refractivity contribution in [2.24, 2.45) is 0 Å². The number of nitrogens with zero attached hydrogens (tertiary/aromatic N) is 2. The van der Waals surface area contributed by atoms with Crippen molar-refractivity contribution >= 4 is 23.2 Å². The second-order valence-corrected chi connectivity index (χ2v) is 8.54. The molecular weight excluding hydrogens is 384 g/mol. The number of hydrogen-bond acceptors (Lipinski definition) is 3. The Labute approximate surface area is 183 Å². The summed E-state index contributed by atoms with van der Waals surface area (Å²) in [6.07, 6.45) is 6.16. The topological polar surface area (TPSA) is 47.3 Å². The summed E-state index contributed by atoms with van der Waals surface area (Å²) in [5.74, 6) is 0.867. The highest BCUT2D eigenvalue weighted by Crippen LogP contribution is 2.24. The van der Waals surface area contributed by atoms with E-state index in [-0.39, 0.29) is 6.10 Å². The molecule has 3 aromatic carbocycles. The van der Waals surface area contributed by atoms with E-state index in [1.165, 1.54) is 0 Å². The van der Waals surface area contributed by atoms with Crippen LogP contribution < -0.4 is 4.74 Å². The quantitative estimate of drug-likeness (QED) is 0.383. The lowest BCUT2D eigenvalue weighted by Gasteiger charge is -2.17. The minimum absolute atomic E-state index is 0.158. The third-order valence-corrected chi connectivity index (χ3v) is 5.14. The number of imidazole rings is 1. The third-order valence-electron chi connectivity index (χ3n) is 5.14. The van der Waals surface area contributed by atoms with Gasteiger partial charge in [-0.05, 0) is 80.8 Å². The van der Waals surface area contributed by atoms with Crippen molar-refractivity contribution < 1.29 is 9.84 Å². The summed E-state index contributed by atoms with van der Waals surface area (Å²) >= 11 is 0. The second kappa shape index (κ2) is 8.40. The van der Waals surface area contributed by atoms with Gasteiger partial charge >= 0.3 is 0 Å². The van der Waals surface area contributed by atoms with Crippen LogP contribution in [0.4, 0.5) is 0 Å². The molecule has 0 aliphatic rings. The molecule has 1 aromatic heterocycles. The van der Waals surface area contributed by atoms with Gasteiger partial charge in [0.15, 0.2) is 0 Å². The van der Waals surface area contributed by atoms with Gasteiger partial charge in [0.25, 0.3) is 0 Å². The van der Waals surface area contributed by atoms with Crippen molar-refractivity contribution in [2.45, 2.75) is 39.4 Å². The summed E-state index contributed by atoms with van der Waals surface area (Å²) in [5, 5.41) is 10.1. The standard InChI is InChI=1S/C27H28N2O2/c1-19(2)31-24-14-12-23(13-15-24)29-18-28-25-17-21(9-16-26(25)29)6-5-20-7-10-22(11-8-20)27(3,4)30/h5-19,30H,1-4H3. The number of rotatable bonds is 6. The molecule has 0 spiro atoms. The molecule has 0 aliphatic carbocycles. The van der Waals surface area contributed by atoms with Gasteiger partial charge in [-0.3, -0.25) is 4.57 Å².